The van der Waals surface area contributed by atoms with E-state index in [1.165, 1.54) is 10.9 Å². The van der Waals surface area contributed by atoms with Gasteiger partial charge in [-0.25, -0.2) is 9.78 Å². The fourth-order valence-electron chi connectivity index (χ4n) is 1.45. The predicted octanol–water partition coefficient (Wildman–Crippen LogP) is 0.308. The molecule has 0 aromatic carbocycles. The monoisotopic (exact) mass is 195 g/mol. The average molecular weight is 195 g/mol. The van der Waals surface area contributed by atoms with Crippen molar-refractivity contribution in [2.24, 2.45) is 0 Å². The van der Waals surface area contributed by atoms with Crippen LogP contribution in [0.1, 0.15) is 12.8 Å². The number of hydrogen-bond acceptors (Lipinski definition) is 3. The maximum atomic E-state index is 11.8. The van der Waals surface area contributed by atoms with Crippen LogP contribution in [0.15, 0.2) is 18.7 Å². The molecule has 1 heterocycles. The molecule has 0 aliphatic heterocycles. The molecule has 1 fully saturated rings. The summed E-state index contributed by atoms with van der Waals surface area (Å²) in [5.41, 5.74) is 0. The van der Waals surface area contributed by atoms with Gasteiger partial charge >= 0.3 is 6.03 Å². The number of imidazole rings is 1. The van der Waals surface area contributed by atoms with Crippen molar-refractivity contribution in [1.29, 1.82) is 0 Å². The first-order valence-electron chi connectivity index (χ1n) is 4.72. The molecule has 1 saturated carbocycles. The molecule has 0 radical (unpaired) electrons. The second kappa shape index (κ2) is 3.79. The van der Waals surface area contributed by atoms with E-state index in [0.717, 1.165) is 12.8 Å². The number of aromatic nitrogens is 2. The third kappa shape index (κ3) is 1.77. The van der Waals surface area contributed by atoms with Gasteiger partial charge in [0.1, 0.15) is 6.33 Å². The lowest BCUT2D eigenvalue weighted by Gasteiger charge is -2.20. The zero-order valence-corrected chi connectivity index (χ0v) is 7.83. The van der Waals surface area contributed by atoms with Gasteiger partial charge in [0.05, 0.1) is 6.61 Å². The number of carbonyl (C=O) groups excluding carboxylic acids is 1. The van der Waals surface area contributed by atoms with Crippen LogP contribution < -0.4 is 0 Å². The van der Waals surface area contributed by atoms with Gasteiger partial charge in [-0.2, -0.15) is 0 Å². The Bertz CT molecular complexity index is 306. The van der Waals surface area contributed by atoms with Gasteiger partial charge in [-0.1, -0.05) is 0 Å². The molecule has 0 atom stereocenters. The highest BCUT2D eigenvalue weighted by Gasteiger charge is 2.32. The number of aliphatic hydroxyl groups excluding tert-OH is 1. The normalized spacial score (nSPS) is 15.5. The molecular formula is C9H13N3O2. The Labute approximate surface area is 82.0 Å². The molecule has 5 nitrogen and oxygen atoms in total. The van der Waals surface area contributed by atoms with Crippen molar-refractivity contribution in [2.75, 3.05) is 13.2 Å². The van der Waals surface area contributed by atoms with Gasteiger partial charge < -0.3 is 10.0 Å². The van der Waals surface area contributed by atoms with Crippen LogP contribution in [0.4, 0.5) is 4.79 Å². The van der Waals surface area contributed by atoms with E-state index in [2.05, 4.69) is 4.98 Å². The molecule has 1 amide bonds. The van der Waals surface area contributed by atoms with E-state index in [4.69, 9.17) is 5.11 Å². The number of nitrogens with zero attached hydrogens (tertiary/aromatic N) is 3. The highest BCUT2D eigenvalue weighted by atomic mass is 16.3. The summed E-state index contributed by atoms with van der Waals surface area (Å²) >= 11 is 0. The van der Waals surface area contributed by atoms with Crippen molar-refractivity contribution in [3.8, 4) is 0 Å². The molecule has 1 N–H and O–H groups in total. The number of hydrogen-bond donors (Lipinski definition) is 1. The van der Waals surface area contributed by atoms with Crippen LogP contribution in [0.2, 0.25) is 0 Å². The third-order valence-electron chi connectivity index (χ3n) is 2.30. The minimum atomic E-state index is -0.0981. The largest absolute Gasteiger partial charge is 0.395 e. The van der Waals surface area contributed by atoms with E-state index in [-0.39, 0.29) is 12.6 Å². The molecule has 5 heteroatoms. The number of carbonyl (C=O) groups is 1. The SMILES string of the molecule is O=C(N(CCO)C1CC1)n1ccnc1. The van der Waals surface area contributed by atoms with Gasteiger partial charge in [-0.15, -0.1) is 0 Å². The second-order valence-electron chi connectivity index (χ2n) is 3.40. The van der Waals surface area contributed by atoms with E-state index < -0.39 is 0 Å². The van der Waals surface area contributed by atoms with E-state index >= 15 is 0 Å². The van der Waals surface area contributed by atoms with E-state index in [1.807, 2.05) is 0 Å². The van der Waals surface area contributed by atoms with Gasteiger partial charge in [-0.05, 0) is 12.8 Å². The molecule has 1 aromatic heterocycles. The number of amides is 1. The molecule has 1 aromatic rings. The lowest BCUT2D eigenvalue weighted by atomic mass is 10.5. The fourth-order valence-corrected chi connectivity index (χ4v) is 1.45. The van der Waals surface area contributed by atoms with Crippen LogP contribution in [0.5, 0.6) is 0 Å². The summed E-state index contributed by atoms with van der Waals surface area (Å²) in [4.78, 5) is 17.3. The highest BCUT2D eigenvalue weighted by molar-refractivity contribution is 5.77. The van der Waals surface area contributed by atoms with Gasteiger partial charge in [-0.3, -0.25) is 4.57 Å². The Morgan fingerprint density at radius 3 is 2.93 bits per heavy atom. The van der Waals surface area contributed by atoms with Crippen LogP contribution in [-0.4, -0.2) is 44.8 Å². The van der Waals surface area contributed by atoms with E-state index in [0.29, 0.717) is 12.6 Å². The van der Waals surface area contributed by atoms with Crippen molar-refractivity contribution in [3.63, 3.8) is 0 Å². The van der Waals surface area contributed by atoms with Gasteiger partial charge in [0.25, 0.3) is 0 Å². The van der Waals surface area contributed by atoms with Crippen molar-refractivity contribution in [1.82, 2.24) is 14.5 Å². The molecule has 0 saturated heterocycles. The van der Waals surface area contributed by atoms with Crippen molar-refractivity contribution >= 4 is 6.03 Å². The molecule has 0 spiro atoms. The summed E-state index contributed by atoms with van der Waals surface area (Å²) in [6.45, 7) is 0.415. The second-order valence-corrected chi connectivity index (χ2v) is 3.40. The van der Waals surface area contributed by atoms with Gasteiger partial charge in [0.15, 0.2) is 0 Å². The minimum absolute atomic E-state index is 0.0109. The zero-order valence-electron chi connectivity index (χ0n) is 7.83. The van der Waals surface area contributed by atoms with Crippen LogP contribution in [0.25, 0.3) is 0 Å². The standard InChI is InChI=1S/C9H13N3O2/c13-6-5-12(8-1-2-8)9(14)11-4-3-10-7-11/h3-4,7-8,13H,1-2,5-6H2. The van der Waals surface area contributed by atoms with Crippen molar-refractivity contribution in [2.45, 2.75) is 18.9 Å². The predicted molar refractivity (Wildman–Crippen MR) is 49.8 cm³/mol. The Balaban J connectivity index is 2.07. The molecule has 2 rings (SSSR count). The van der Waals surface area contributed by atoms with E-state index in [1.54, 1.807) is 17.3 Å². The molecule has 1 aliphatic carbocycles. The number of rotatable bonds is 3. The quantitative estimate of drug-likeness (QED) is 0.755. The lowest BCUT2D eigenvalue weighted by molar-refractivity contribution is 0.175. The topological polar surface area (TPSA) is 58.4 Å². The third-order valence-corrected chi connectivity index (χ3v) is 2.30. The Morgan fingerprint density at radius 2 is 2.43 bits per heavy atom. The highest BCUT2D eigenvalue weighted by Crippen LogP contribution is 2.26. The first-order chi connectivity index (χ1) is 6.83. The molecule has 76 valence electrons. The molecule has 0 bridgehead atoms. The Hall–Kier alpha value is -1.36. The maximum Gasteiger partial charge on any atom is 0.329 e. The van der Waals surface area contributed by atoms with Crippen LogP contribution in [0, 0.1) is 0 Å². The average Bonchev–Trinajstić information content (AvgIpc) is 2.88. The smallest absolute Gasteiger partial charge is 0.329 e. The summed E-state index contributed by atoms with van der Waals surface area (Å²) < 4.78 is 1.44. The van der Waals surface area contributed by atoms with E-state index in [9.17, 15) is 4.79 Å². The number of aliphatic hydroxyl groups is 1. The summed E-state index contributed by atoms with van der Waals surface area (Å²) in [6, 6.07) is 0.219. The van der Waals surface area contributed by atoms with Crippen LogP contribution in [-0.2, 0) is 0 Å². The first-order valence-corrected chi connectivity index (χ1v) is 4.72. The molecular weight excluding hydrogens is 182 g/mol. The maximum absolute atomic E-state index is 11.8. The van der Waals surface area contributed by atoms with Crippen LogP contribution >= 0.6 is 0 Å². The van der Waals surface area contributed by atoms with Gasteiger partial charge in [0, 0.05) is 25.0 Å². The summed E-state index contributed by atoms with van der Waals surface area (Å²) in [7, 11) is 0. The zero-order chi connectivity index (χ0) is 9.97. The molecule has 0 unspecified atom stereocenters. The summed E-state index contributed by atoms with van der Waals surface area (Å²) in [5, 5.41) is 8.84. The van der Waals surface area contributed by atoms with Crippen molar-refractivity contribution < 1.29 is 9.90 Å². The minimum Gasteiger partial charge on any atom is -0.395 e. The van der Waals surface area contributed by atoms with Crippen LogP contribution in [0.3, 0.4) is 0 Å². The molecule has 1 aliphatic rings. The summed E-state index contributed by atoms with van der Waals surface area (Å²) in [5.74, 6) is 0. The lowest BCUT2D eigenvalue weighted by Crippen LogP contribution is -2.38. The first kappa shape index (κ1) is 9.21. The van der Waals surface area contributed by atoms with Gasteiger partial charge in [0.2, 0.25) is 0 Å². The molecule has 14 heavy (non-hydrogen) atoms. The summed E-state index contributed by atoms with van der Waals surface area (Å²) in [6.07, 6.45) is 6.76. The van der Waals surface area contributed by atoms with Crippen molar-refractivity contribution in [3.05, 3.63) is 18.7 Å². The Morgan fingerprint density at radius 1 is 1.64 bits per heavy atom. The fraction of sp³-hybridized carbons (Fsp3) is 0.556. The Kier molecular flexibility index (Phi) is 2.49.